The van der Waals surface area contributed by atoms with Gasteiger partial charge in [-0.05, 0) is 42.0 Å². The van der Waals surface area contributed by atoms with Crippen molar-refractivity contribution in [2.75, 3.05) is 5.75 Å². The summed E-state index contributed by atoms with van der Waals surface area (Å²) in [4.78, 5) is 23.5. The smallest absolute Gasteiger partial charge is 0.351 e. The van der Waals surface area contributed by atoms with Gasteiger partial charge in [-0.1, -0.05) is 17.8 Å². The lowest BCUT2D eigenvalue weighted by atomic mass is 10.1. The Labute approximate surface area is 167 Å². The van der Waals surface area contributed by atoms with E-state index in [0.717, 1.165) is 35.5 Å². The number of hydrogen-bond acceptors (Lipinski definition) is 5. The predicted octanol–water partition coefficient (Wildman–Crippen LogP) is 4.11. The number of carbonyl (C=O) groups excluding carboxylic acids is 1. The molecule has 0 aliphatic rings. The van der Waals surface area contributed by atoms with Crippen molar-refractivity contribution >= 4 is 17.7 Å². The number of pyridine rings is 1. The lowest BCUT2D eigenvalue weighted by Gasteiger charge is -2.10. The van der Waals surface area contributed by atoms with Gasteiger partial charge in [0.2, 0.25) is 5.91 Å². The number of rotatable bonds is 6. The van der Waals surface area contributed by atoms with E-state index in [9.17, 15) is 22.4 Å². The number of thioether (sulfide) groups is 1. The monoisotopic (exact) mass is 422 g/mol. The minimum absolute atomic E-state index is 0.00871. The quantitative estimate of drug-likeness (QED) is 0.368. The third kappa shape index (κ3) is 5.98. The lowest BCUT2D eigenvalue weighted by Crippen LogP contribution is -2.24. The highest BCUT2D eigenvalue weighted by Crippen LogP contribution is 2.32. The number of carbonyl (C=O) groups is 1. The number of halogens is 4. The minimum Gasteiger partial charge on any atom is -0.351 e. The Kier molecular flexibility index (Phi) is 6.42. The molecular weight excluding hydrogens is 408 g/mol. The Morgan fingerprint density at radius 2 is 1.86 bits per heavy atom. The van der Waals surface area contributed by atoms with Crippen molar-refractivity contribution in [3.63, 3.8) is 0 Å². The highest BCUT2D eigenvalue weighted by atomic mass is 32.2. The summed E-state index contributed by atoms with van der Waals surface area (Å²) in [5.41, 5.74) is -0.0439. The minimum atomic E-state index is -4.68. The van der Waals surface area contributed by atoms with Crippen LogP contribution in [-0.2, 0) is 17.5 Å². The van der Waals surface area contributed by atoms with Crippen molar-refractivity contribution in [3.05, 3.63) is 71.9 Å². The lowest BCUT2D eigenvalue weighted by molar-refractivity contribution is -0.141. The van der Waals surface area contributed by atoms with Gasteiger partial charge in [0.15, 0.2) is 5.16 Å². The molecule has 0 saturated carbocycles. The molecule has 0 aliphatic carbocycles. The van der Waals surface area contributed by atoms with Gasteiger partial charge in [0, 0.05) is 24.5 Å². The molecule has 150 valence electrons. The molecule has 2 aromatic heterocycles. The number of nitrogens with zero attached hydrogens (tertiary/aromatic N) is 3. The van der Waals surface area contributed by atoms with Crippen LogP contribution in [0.4, 0.5) is 17.6 Å². The Hall–Kier alpha value is -3.01. The SMILES string of the molecule is O=C(CSc1nc(-c2ccc(F)cc2)cc(C(F)(F)F)n1)NCc1cccnc1. The zero-order chi connectivity index (χ0) is 20.9. The highest BCUT2D eigenvalue weighted by Gasteiger charge is 2.34. The third-order valence-corrected chi connectivity index (χ3v) is 4.53. The van der Waals surface area contributed by atoms with Crippen LogP contribution in [0.2, 0.25) is 0 Å². The normalized spacial score (nSPS) is 11.3. The molecule has 3 rings (SSSR count). The van der Waals surface area contributed by atoms with Crippen LogP contribution in [0.25, 0.3) is 11.3 Å². The van der Waals surface area contributed by atoms with Gasteiger partial charge in [0.1, 0.15) is 11.5 Å². The molecule has 0 radical (unpaired) electrons. The first-order valence-corrected chi connectivity index (χ1v) is 9.30. The maximum atomic E-state index is 13.2. The van der Waals surface area contributed by atoms with Crippen LogP contribution in [-0.4, -0.2) is 26.6 Å². The Balaban J connectivity index is 1.73. The zero-order valence-electron chi connectivity index (χ0n) is 14.8. The maximum Gasteiger partial charge on any atom is 0.433 e. The van der Waals surface area contributed by atoms with Gasteiger partial charge >= 0.3 is 6.18 Å². The first-order valence-electron chi connectivity index (χ1n) is 8.32. The second-order valence-corrected chi connectivity index (χ2v) is 6.79. The molecule has 10 heteroatoms. The maximum absolute atomic E-state index is 13.2. The van der Waals surface area contributed by atoms with Gasteiger partial charge in [-0.15, -0.1) is 0 Å². The van der Waals surface area contributed by atoms with Gasteiger partial charge in [-0.2, -0.15) is 13.2 Å². The first-order chi connectivity index (χ1) is 13.8. The van der Waals surface area contributed by atoms with Crippen molar-refractivity contribution in [2.45, 2.75) is 17.9 Å². The van der Waals surface area contributed by atoms with Crippen molar-refractivity contribution in [1.82, 2.24) is 20.3 Å². The van der Waals surface area contributed by atoms with E-state index in [1.54, 1.807) is 24.5 Å². The number of aromatic nitrogens is 3. The molecule has 0 saturated heterocycles. The molecular formula is C19H14F4N4OS. The first kappa shape index (κ1) is 20.7. The predicted molar refractivity (Wildman–Crippen MR) is 99.2 cm³/mol. The van der Waals surface area contributed by atoms with Gasteiger partial charge in [-0.25, -0.2) is 14.4 Å². The van der Waals surface area contributed by atoms with Gasteiger partial charge in [-0.3, -0.25) is 9.78 Å². The van der Waals surface area contributed by atoms with Crippen molar-refractivity contribution < 1.29 is 22.4 Å². The third-order valence-electron chi connectivity index (χ3n) is 3.68. The average molecular weight is 422 g/mol. The Morgan fingerprint density at radius 1 is 1.10 bits per heavy atom. The number of nitrogens with one attached hydrogen (secondary N) is 1. The van der Waals surface area contributed by atoms with Crippen LogP contribution < -0.4 is 5.32 Å². The van der Waals surface area contributed by atoms with Crippen molar-refractivity contribution in [3.8, 4) is 11.3 Å². The van der Waals surface area contributed by atoms with Crippen molar-refractivity contribution in [1.29, 1.82) is 0 Å². The second-order valence-electron chi connectivity index (χ2n) is 5.85. The fraction of sp³-hybridized carbons (Fsp3) is 0.158. The summed E-state index contributed by atoms with van der Waals surface area (Å²) in [5.74, 6) is -1.06. The molecule has 0 spiro atoms. The van der Waals surface area contributed by atoms with Crippen molar-refractivity contribution in [2.24, 2.45) is 0 Å². The van der Waals surface area contributed by atoms with E-state index in [4.69, 9.17) is 0 Å². The van der Waals surface area contributed by atoms with Gasteiger partial charge in [0.05, 0.1) is 11.4 Å². The summed E-state index contributed by atoms with van der Waals surface area (Å²) >= 11 is 0.782. The largest absolute Gasteiger partial charge is 0.433 e. The van der Waals surface area contributed by atoms with Gasteiger partial charge < -0.3 is 5.32 Å². The Morgan fingerprint density at radius 3 is 2.52 bits per heavy atom. The van der Waals surface area contributed by atoms with E-state index < -0.39 is 17.7 Å². The number of amides is 1. The van der Waals surface area contributed by atoms with E-state index in [1.165, 1.54) is 12.1 Å². The Bertz CT molecular complexity index is 982. The summed E-state index contributed by atoms with van der Waals surface area (Å²) < 4.78 is 52.7. The van der Waals surface area contributed by atoms with E-state index in [0.29, 0.717) is 5.56 Å². The number of hydrogen-bond donors (Lipinski definition) is 1. The molecule has 0 atom stereocenters. The number of benzene rings is 1. The summed E-state index contributed by atoms with van der Waals surface area (Å²) in [6, 6.07) is 9.21. The van der Waals surface area contributed by atoms with Crippen LogP contribution in [0.3, 0.4) is 0 Å². The fourth-order valence-corrected chi connectivity index (χ4v) is 2.98. The summed E-state index contributed by atoms with van der Waals surface area (Å²) in [5, 5.41) is 2.45. The molecule has 2 heterocycles. The van der Waals surface area contributed by atoms with E-state index in [1.807, 2.05) is 0 Å². The standard InChI is InChI=1S/C19H14F4N4OS/c20-14-5-3-13(4-6-14)15-8-16(19(21,22)23)27-18(26-15)29-11-17(28)25-10-12-2-1-7-24-9-12/h1-9H,10-11H2,(H,25,28). The molecule has 1 N–H and O–H groups in total. The van der Waals surface area contributed by atoms with Crippen LogP contribution in [0, 0.1) is 5.82 Å². The summed E-state index contributed by atoms with van der Waals surface area (Å²) in [7, 11) is 0. The molecule has 0 aliphatic heterocycles. The second kappa shape index (κ2) is 8.99. The average Bonchev–Trinajstić information content (AvgIpc) is 2.71. The van der Waals surface area contributed by atoms with Crippen LogP contribution in [0.1, 0.15) is 11.3 Å². The molecule has 3 aromatic rings. The fourth-order valence-electron chi connectivity index (χ4n) is 2.29. The number of alkyl halides is 3. The molecule has 0 bridgehead atoms. The molecule has 5 nitrogen and oxygen atoms in total. The van der Waals surface area contributed by atoms with Crippen LogP contribution in [0.5, 0.6) is 0 Å². The van der Waals surface area contributed by atoms with E-state index in [2.05, 4.69) is 20.3 Å². The van der Waals surface area contributed by atoms with Gasteiger partial charge in [0.25, 0.3) is 0 Å². The molecule has 1 aromatic carbocycles. The van der Waals surface area contributed by atoms with E-state index in [-0.39, 0.29) is 29.1 Å². The zero-order valence-corrected chi connectivity index (χ0v) is 15.6. The molecule has 1 amide bonds. The molecule has 29 heavy (non-hydrogen) atoms. The summed E-state index contributed by atoms with van der Waals surface area (Å²) in [6.07, 6.45) is -1.49. The summed E-state index contributed by atoms with van der Waals surface area (Å²) in [6.45, 7) is 0.248. The molecule has 0 unspecified atom stereocenters. The van der Waals surface area contributed by atoms with Crippen LogP contribution >= 0.6 is 11.8 Å². The molecule has 0 fully saturated rings. The van der Waals surface area contributed by atoms with E-state index >= 15 is 0 Å². The topological polar surface area (TPSA) is 67.8 Å². The highest BCUT2D eigenvalue weighted by molar-refractivity contribution is 7.99. The van der Waals surface area contributed by atoms with Crippen LogP contribution in [0.15, 0.2) is 60.0 Å².